The predicted octanol–water partition coefficient (Wildman–Crippen LogP) is 2.72. The summed E-state index contributed by atoms with van der Waals surface area (Å²) in [5.41, 5.74) is 12.2. The second-order valence-electron chi connectivity index (χ2n) is 6.69. The van der Waals surface area contributed by atoms with E-state index in [0.717, 1.165) is 47.4 Å². The number of anilines is 2. The first-order valence-corrected chi connectivity index (χ1v) is 9.13. The number of nitrogens with two attached hydrogens (primary N) is 1. The molecule has 0 atom stereocenters. The van der Waals surface area contributed by atoms with Crippen LogP contribution in [0.4, 0.5) is 11.5 Å². The van der Waals surface area contributed by atoms with Gasteiger partial charge < -0.3 is 20.9 Å². The van der Waals surface area contributed by atoms with E-state index in [0.29, 0.717) is 11.5 Å². The summed E-state index contributed by atoms with van der Waals surface area (Å²) in [6.07, 6.45) is 5.86. The molecule has 0 fully saturated rings. The Kier molecular flexibility index (Phi) is 4.67. The molecule has 1 aromatic carbocycles. The fourth-order valence-corrected chi connectivity index (χ4v) is 3.68. The van der Waals surface area contributed by atoms with Crippen molar-refractivity contribution in [3.8, 4) is 11.3 Å². The van der Waals surface area contributed by atoms with Gasteiger partial charge in [-0.05, 0) is 42.3 Å². The summed E-state index contributed by atoms with van der Waals surface area (Å²) in [5.74, 6) is 0.247. The molecule has 7 nitrogen and oxygen atoms in total. The van der Waals surface area contributed by atoms with Gasteiger partial charge in [-0.15, -0.1) is 0 Å². The molecule has 7 heteroatoms. The lowest BCUT2D eigenvalue weighted by Gasteiger charge is -2.16. The van der Waals surface area contributed by atoms with E-state index in [9.17, 15) is 4.79 Å². The molecule has 1 amide bonds. The molecule has 2 aromatic heterocycles. The van der Waals surface area contributed by atoms with E-state index in [1.54, 1.807) is 0 Å². The molecule has 4 N–H and O–H groups in total. The number of nitrogen functional groups attached to an aromatic ring is 1. The summed E-state index contributed by atoms with van der Waals surface area (Å²) >= 11 is 0. The zero-order chi connectivity index (χ0) is 19.7. The van der Waals surface area contributed by atoms with Crippen LogP contribution in [-0.4, -0.2) is 33.5 Å². The number of fused-ring (bicyclic) bond motifs is 1. The Labute approximate surface area is 163 Å². The molecule has 1 aliphatic heterocycles. The number of nitrogens with one attached hydrogen (secondary N) is 2. The number of aryl methyl sites for hydroxylation is 1. The maximum atomic E-state index is 11.5. The van der Waals surface area contributed by atoms with Gasteiger partial charge in [-0.3, -0.25) is 4.79 Å². The van der Waals surface area contributed by atoms with Gasteiger partial charge >= 0.3 is 0 Å². The first-order chi connectivity index (χ1) is 13.6. The smallest absolute Gasteiger partial charge is 0.247 e. The number of hydrogen-bond donors (Lipinski definition) is 3. The molecule has 0 bridgehead atoms. The number of amides is 1. The number of carbonyl (C=O) groups is 1. The van der Waals surface area contributed by atoms with E-state index < -0.39 is 0 Å². The van der Waals surface area contributed by atoms with Crippen LogP contribution >= 0.6 is 0 Å². The van der Waals surface area contributed by atoms with Crippen molar-refractivity contribution >= 4 is 34.0 Å². The fraction of sp³-hybridized carbons (Fsp3) is 0.190. The quantitative estimate of drug-likeness (QED) is 0.610. The molecule has 4 rings (SSSR count). The normalized spacial score (nSPS) is 14.0. The Hall–Kier alpha value is -3.45. The highest BCUT2D eigenvalue weighted by Crippen LogP contribution is 2.40. The highest BCUT2D eigenvalue weighted by atomic mass is 16.1. The molecule has 28 heavy (non-hydrogen) atoms. The Morgan fingerprint density at radius 3 is 2.79 bits per heavy atom. The topological polar surface area (TPSA) is 97.9 Å². The van der Waals surface area contributed by atoms with Crippen molar-refractivity contribution < 1.29 is 4.79 Å². The summed E-state index contributed by atoms with van der Waals surface area (Å²) in [6.45, 7) is 5.22. The zero-order valence-electron chi connectivity index (χ0n) is 15.7. The summed E-state index contributed by atoms with van der Waals surface area (Å²) in [4.78, 5) is 20.2. The Morgan fingerprint density at radius 2 is 2.11 bits per heavy atom. The minimum absolute atomic E-state index is 0.235. The van der Waals surface area contributed by atoms with E-state index >= 15 is 0 Å². The molecule has 0 spiro atoms. The van der Waals surface area contributed by atoms with Crippen LogP contribution in [0.25, 0.3) is 27.9 Å². The average Bonchev–Trinajstić information content (AvgIpc) is 3.03. The van der Waals surface area contributed by atoms with E-state index in [4.69, 9.17) is 5.73 Å². The zero-order valence-corrected chi connectivity index (χ0v) is 15.7. The number of hydrogen-bond acceptors (Lipinski definition) is 5. The van der Waals surface area contributed by atoms with Crippen molar-refractivity contribution in [2.24, 2.45) is 7.05 Å². The summed E-state index contributed by atoms with van der Waals surface area (Å²) in [7, 11) is 1.99. The number of rotatable bonds is 4. The summed E-state index contributed by atoms with van der Waals surface area (Å²) in [6, 6.07) is 7.73. The van der Waals surface area contributed by atoms with Crippen molar-refractivity contribution in [3.05, 3.63) is 54.9 Å². The van der Waals surface area contributed by atoms with Gasteiger partial charge in [-0.2, -0.15) is 0 Å². The van der Waals surface area contributed by atoms with Crippen molar-refractivity contribution in [1.82, 2.24) is 19.9 Å². The van der Waals surface area contributed by atoms with Crippen molar-refractivity contribution in [2.45, 2.75) is 6.42 Å². The van der Waals surface area contributed by atoms with Gasteiger partial charge in [0.25, 0.3) is 0 Å². The van der Waals surface area contributed by atoms with E-state index in [1.807, 2.05) is 31.3 Å². The van der Waals surface area contributed by atoms with E-state index in [2.05, 4.69) is 37.8 Å². The van der Waals surface area contributed by atoms with Crippen LogP contribution in [0.2, 0.25) is 0 Å². The lowest BCUT2D eigenvalue weighted by molar-refractivity contribution is -0.111. The first-order valence-electron chi connectivity index (χ1n) is 9.13. The van der Waals surface area contributed by atoms with Crippen LogP contribution in [0, 0.1) is 0 Å². The van der Waals surface area contributed by atoms with Gasteiger partial charge in [0.2, 0.25) is 5.91 Å². The van der Waals surface area contributed by atoms with E-state index in [1.165, 1.54) is 18.0 Å². The summed E-state index contributed by atoms with van der Waals surface area (Å²) < 4.78 is 2.06. The predicted molar refractivity (Wildman–Crippen MR) is 113 cm³/mol. The number of nitrogens with zero attached hydrogens (tertiary/aromatic N) is 3. The second kappa shape index (κ2) is 7.28. The standard InChI is InChI=1S/C21H22N6O/c1-3-16(28)26-15-6-4-14(5-7-15)19-17(13-8-10-23-11-9-13)18-20(22)24-12-25-21(18)27(19)2/h3-8,12,23H,1,9-11H2,2H3,(H,26,28)(H2,22,24,25). The third-order valence-electron chi connectivity index (χ3n) is 4.99. The molecule has 0 aliphatic carbocycles. The maximum Gasteiger partial charge on any atom is 0.247 e. The van der Waals surface area contributed by atoms with Crippen LogP contribution in [0.15, 0.2) is 49.3 Å². The highest BCUT2D eigenvalue weighted by molar-refractivity contribution is 6.04. The molecule has 142 valence electrons. The molecule has 1 aliphatic rings. The van der Waals surface area contributed by atoms with Crippen molar-refractivity contribution in [1.29, 1.82) is 0 Å². The molecular formula is C21H22N6O. The molecule has 3 heterocycles. The molecule has 3 aromatic rings. The largest absolute Gasteiger partial charge is 0.383 e. The Balaban J connectivity index is 1.90. The van der Waals surface area contributed by atoms with Gasteiger partial charge in [0.1, 0.15) is 17.8 Å². The molecule has 0 saturated heterocycles. The average molecular weight is 374 g/mol. The van der Waals surface area contributed by atoms with Crippen LogP contribution in [0.1, 0.15) is 12.0 Å². The van der Waals surface area contributed by atoms with Crippen LogP contribution in [-0.2, 0) is 11.8 Å². The lowest BCUT2D eigenvalue weighted by Crippen LogP contribution is -2.20. The monoisotopic (exact) mass is 374 g/mol. The fourth-order valence-electron chi connectivity index (χ4n) is 3.68. The molecule has 0 saturated carbocycles. The lowest BCUT2D eigenvalue weighted by atomic mass is 9.95. The Bertz CT molecular complexity index is 1090. The maximum absolute atomic E-state index is 11.5. The third kappa shape index (κ3) is 3.05. The van der Waals surface area contributed by atoms with Gasteiger partial charge in [0.05, 0.1) is 11.1 Å². The third-order valence-corrected chi connectivity index (χ3v) is 4.99. The minimum atomic E-state index is -0.235. The van der Waals surface area contributed by atoms with Gasteiger partial charge in [0, 0.05) is 24.8 Å². The van der Waals surface area contributed by atoms with Crippen LogP contribution in [0.3, 0.4) is 0 Å². The molecule has 0 radical (unpaired) electrons. The second-order valence-corrected chi connectivity index (χ2v) is 6.69. The van der Waals surface area contributed by atoms with Crippen molar-refractivity contribution in [2.75, 3.05) is 24.1 Å². The molecular weight excluding hydrogens is 352 g/mol. The first kappa shape index (κ1) is 17.9. The van der Waals surface area contributed by atoms with Gasteiger partial charge in [-0.1, -0.05) is 24.8 Å². The van der Waals surface area contributed by atoms with Gasteiger partial charge in [-0.25, -0.2) is 9.97 Å². The van der Waals surface area contributed by atoms with E-state index in [-0.39, 0.29) is 5.91 Å². The molecule has 0 unspecified atom stereocenters. The van der Waals surface area contributed by atoms with Crippen LogP contribution < -0.4 is 16.4 Å². The van der Waals surface area contributed by atoms with Gasteiger partial charge in [0.15, 0.2) is 0 Å². The van der Waals surface area contributed by atoms with Crippen molar-refractivity contribution in [3.63, 3.8) is 0 Å². The number of benzene rings is 1. The van der Waals surface area contributed by atoms with Crippen LogP contribution in [0.5, 0.6) is 0 Å². The summed E-state index contributed by atoms with van der Waals surface area (Å²) in [5, 5.41) is 7.01. The number of carbonyl (C=O) groups excluding carboxylic acids is 1. The Morgan fingerprint density at radius 1 is 1.32 bits per heavy atom. The SMILES string of the molecule is C=CC(=O)Nc1ccc(-c2c(C3=CCNCC3)c3c(N)ncnc3n2C)cc1. The minimum Gasteiger partial charge on any atom is -0.383 e. The number of aromatic nitrogens is 3. The highest BCUT2D eigenvalue weighted by Gasteiger charge is 2.23.